The highest BCUT2D eigenvalue weighted by Crippen LogP contribution is 2.60. The molecule has 1 aliphatic heterocycles. The monoisotopic (exact) mass is 340 g/mol. The molecule has 4 atom stereocenters. The zero-order chi connectivity index (χ0) is 16.9. The van der Waals surface area contributed by atoms with Crippen LogP contribution in [0, 0.1) is 46.8 Å². The van der Waals surface area contributed by atoms with Gasteiger partial charge in [-0.2, -0.15) is 5.01 Å². The summed E-state index contributed by atoms with van der Waals surface area (Å²) in [6, 6.07) is 0. The third kappa shape index (κ3) is 1.77. The van der Waals surface area contributed by atoms with E-state index in [4.69, 9.17) is 0 Å². The number of fused-ring (bicyclic) bond motifs is 5. The van der Waals surface area contributed by atoms with Crippen LogP contribution in [0.3, 0.4) is 0 Å². The van der Waals surface area contributed by atoms with Gasteiger partial charge in [0.25, 0.3) is 11.8 Å². The van der Waals surface area contributed by atoms with E-state index >= 15 is 0 Å². The summed E-state index contributed by atoms with van der Waals surface area (Å²) in [6.07, 6.45) is 11.7. The topological polar surface area (TPSA) is 66.5 Å². The van der Waals surface area contributed by atoms with E-state index in [0.717, 1.165) is 30.7 Å². The molecule has 5 nitrogen and oxygen atoms in total. The summed E-state index contributed by atoms with van der Waals surface area (Å²) >= 11 is 0. The van der Waals surface area contributed by atoms with Crippen LogP contribution in [0.25, 0.3) is 0 Å². The molecule has 6 bridgehead atoms. The van der Waals surface area contributed by atoms with Gasteiger partial charge in [-0.05, 0) is 74.5 Å². The smallest absolute Gasteiger partial charge is 0.252 e. The van der Waals surface area contributed by atoms with Crippen LogP contribution in [-0.2, 0) is 14.4 Å². The summed E-state index contributed by atoms with van der Waals surface area (Å²) in [5.41, 5.74) is 2.47. The summed E-state index contributed by atoms with van der Waals surface area (Å²) in [7, 11) is 0. The maximum Gasteiger partial charge on any atom is 0.252 e. The van der Waals surface area contributed by atoms with Crippen molar-refractivity contribution in [2.75, 3.05) is 0 Å². The van der Waals surface area contributed by atoms with Crippen LogP contribution in [0.1, 0.15) is 44.9 Å². The molecule has 0 spiro atoms. The zero-order valence-corrected chi connectivity index (χ0v) is 14.3. The molecule has 3 amide bonds. The van der Waals surface area contributed by atoms with Crippen LogP contribution in [-0.4, -0.2) is 22.7 Å². The van der Waals surface area contributed by atoms with Crippen LogP contribution in [0.2, 0.25) is 0 Å². The van der Waals surface area contributed by atoms with Crippen LogP contribution in [0.15, 0.2) is 12.2 Å². The van der Waals surface area contributed by atoms with Crippen molar-refractivity contribution in [1.82, 2.24) is 10.4 Å². The molecule has 7 aliphatic rings. The highest BCUT2D eigenvalue weighted by Gasteiger charge is 2.61. The van der Waals surface area contributed by atoms with E-state index < -0.39 is 0 Å². The van der Waals surface area contributed by atoms with E-state index in [0.29, 0.717) is 17.8 Å². The Labute approximate surface area is 147 Å². The Morgan fingerprint density at radius 3 is 1.84 bits per heavy atom. The first-order chi connectivity index (χ1) is 12.0. The van der Waals surface area contributed by atoms with Gasteiger partial charge in [0.05, 0.1) is 17.3 Å². The molecule has 1 saturated heterocycles. The predicted molar refractivity (Wildman–Crippen MR) is 88.3 cm³/mol. The number of amides is 3. The normalized spacial score (nSPS) is 51.5. The molecule has 6 aliphatic carbocycles. The zero-order valence-electron chi connectivity index (χ0n) is 14.3. The van der Waals surface area contributed by atoms with Crippen molar-refractivity contribution in [2.45, 2.75) is 44.9 Å². The van der Waals surface area contributed by atoms with Gasteiger partial charge < -0.3 is 0 Å². The highest BCUT2D eigenvalue weighted by atomic mass is 16.2. The SMILES string of the molecule is O=C1[C@@H]2[C@H](C(=O)N1NC(=O)C13CC4CC(CC(C4)C1)C3)[C@@H]1C=C[C@H]2C1. The number of nitrogens with one attached hydrogen (secondary N) is 1. The van der Waals surface area contributed by atoms with Crippen molar-refractivity contribution in [3.8, 4) is 0 Å². The van der Waals surface area contributed by atoms with Crippen LogP contribution >= 0.6 is 0 Å². The maximum atomic E-state index is 13.2. The quantitative estimate of drug-likeness (QED) is 0.618. The van der Waals surface area contributed by atoms with Crippen molar-refractivity contribution in [2.24, 2.45) is 46.8 Å². The highest BCUT2D eigenvalue weighted by molar-refractivity contribution is 6.07. The number of hydrazine groups is 1. The minimum absolute atomic E-state index is 0.0615. The van der Waals surface area contributed by atoms with E-state index in [1.165, 1.54) is 19.3 Å². The summed E-state index contributed by atoms with van der Waals surface area (Å²) in [4.78, 5) is 38.8. The van der Waals surface area contributed by atoms with Gasteiger partial charge in [0, 0.05) is 0 Å². The summed E-state index contributed by atoms with van der Waals surface area (Å²) in [5.74, 6) is 1.49. The lowest BCUT2D eigenvalue weighted by atomic mass is 9.49. The molecule has 7 rings (SSSR count). The van der Waals surface area contributed by atoms with E-state index in [1.807, 2.05) is 0 Å². The second kappa shape index (κ2) is 4.54. The Morgan fingerprint density at radius 1 is 0.880 bits per heavy atom. The van der Waals surface area contributed by atoms with Crippen molar-refractivity contribution in [3.05, 3.63) is 12.2 Å². The van der Waals surface area contributed by atoms with Gasteiger partial charge >= 0.3 is 0 Å². The number of rotatable bonds is 2. The first-order valence-electron chi connectivity index (χ1n) is 9.91. The molecule has 0 aromatic heterocycles. The minimum atomic E-state index is -0.329. The van der Waals surface area contributed by atoms with Gasteiger partial charge in [-0.15, -0.1) is 0 Å². The van der Waals surface area contributed by atoms with Crippen molar-refractivity contribution >= 4 is 17.7 Å². The molecule has 132 valence electrons. The number of imide groups is 1. The molecule has 0 radical (unpaired) electrons. The Kier molecular flexibility index (Phi) is 2.64. The van der Waals surface area contributed by atoms with E-state index in [-0.39, 0.29) is 46.8 Å². The van der Waals surface area contributed by atoms with Gasteiger partial charge in [0.2, 0.25) is 5.91 Å². The lowest BCUT2D eigenvalue weighted by Gasteiger charge is -2.55. The third-order valence-corrected chi connectivity index (χ3v) is 8.20. The lowest BCUT2D eigenvalue weighted by Crippen LogP contribution is -2.58. The fourth-order valence-corrected chi connectivity index (χ4v) is 7.62. The number of hydrogen-bond acceptors (Lipinski definition) is 3. The fraction of sp³-hybridized carbons (Fsp3) is 0.750. The first kappa shape index (κ1) is 14.5. The van der Waals surface area contributed by atoms with E-state index in [9.17, 15) is 14.4 Å². The average Bonchev–Trinajstić information content (AvgIpc) is 3.23. The van der Waals surface area contributed by atoms with Gasteiger partial charge in [-0.1, -0.05) is 12.2 Å². The van der Waals surface area contributed by atoms with Gasteiger partial charge in [-0.25, -0.2) is 0 Å². The molecule has 1 heterocycles. The first-order valence-corrected chi connectivity index (χ1v) is 9.91. The van der Waals surface area contributed by atoms with Gasteiger partial charge in [0.15, 0.2) is 0 Å². The Balaban J connectivity index is 1.25. The molecule has 1 N–H and O–H groups in total. The Morgan fingerprint density at radius 2 is 1.36 bits per heavy atom. The molecule has 0 aromatic carbocycles. The van der Waals surface area contributed by atoms with E-state index in [1.54, 1.807) is 0 Å². The third-order valence-electron chi connectivity index (χ3n) is 8.20. The Hall–Kier alpha value is -1.65. The number of nitrogens with zero attached hydrogens (tertiary/aromatic N) is 1. The number of carbonyl (C=O) groups is 3. The predicted octanol–water partition coefficient (Wildman–Crippen LogP) is 2.04. The lowest BCUT2D eigenvalue weighted by molar-refractivity contribution is -0.160. The maximum absolute atomic E-state index is 13.2. The minimum Gasteiger partial charge on any atom is -0.273 e. The molecule has 25 heavy (non-hydrogen) atoms. The average molecular weight is 340 g/mol. The summed E-state index contributed by atoms with van der Waals surface area (Å²) in [6.45, 7) is 0. The Bertz CT molecular complexity index is 661. The molecule has 5 saturated carbocycles. The van der Waals surface area contributed by atoms with Crippen molar-refractivity contribution < 1.29 is 14.4 Å². The summed E-state index contributed by atoms with van der Waals surface area (Å²) in [5, 5.41) is 1.10. The van der Waals surface area contributed by atoms with E-state index in [2.05, 4.69) is 17.6 Å². The number of carbonyl (C=O) groups excluding carboxylic acids is 3. The molecule has 0 aromatic rings. The van der Waals surface area contributed by atoms with Gasteiger partial charge in [0.1, 0.15) is 0 Å². The van der Waals surface area contributed by atoms with Crippen LogP contribution < -0.4 is 5.43 Å². The molecular weight excluding hydrogens is 316 g/mol. The number of hydrogen-bond donors (Lipinski definition) is 1. The largest absolute Gasteiger partial charge is 0.273 e. The van der Waals surface area contributed by atoms with Crippen molar-refractivity contribution in [1.29, 1.82) is 0 Å². The second-order valence-electron chi connectivity index (χ2n) is 9.65. The standard InChI is InChI=1S/C20H24N2O3/c23-17-15-13-1-2-14(6-13)16(15)18(24)22(17)21-19(25)20-7-10-3-11(8-20)5-12(4-10)9-20/h1-2,10-16H,3-9H2,(H,21,25)/t10?,11?,12?,13-,14+,15-,16+,20?. The second-order valence-corrected chi connectivity index (χ2v) is 9.65. The molecule has 6 fully saturated rings. The van der Waals surface area contributed by atoms with Crippen LogP contribution in [0.5, 0.6) is 0 Å². The molecule has 0 unspecified atom stereocenters. The summed E-state index contributed by atoms with van der Waals surface area (Å²) < 4.78 is 0. The number of allylic oxidation sites excluding steroid dienone is 2. The molecular formula is C20H24N2O3. The molecule has 5 heteroatoms. The van der Waals surface area contributed by atoms with Crippen molar-refractivity contribution in [3.63, 3.8) is 0 Å². The van der Waals surface area contributed by atoms with Crippen LogP contribution in [0.4, 0.5) is 0 Å². The van der Waals surface area contributed by atoms with Gasteiger partial charge in [-0.3, -0.25) is 19.8 Å². The fourth-order valence-electron chi connectivity index (χ4n) is 7.62.